The SMILES string of the molecule is C1CC1.CC.CCN1OC(CC)(CCN(C)C/C2=C/N(C(C)C)C(C)/C=C\C/C=C\C2)CC1c1ccc(CO)cc1. The third kappa shape index (κ3) is 11.7. The Balaban J connectivity index is 0.00000108. The maximum Gasteiger partial charge on any atom is 0.0928 e. The number of aliphatic hydroxyl groups is 1. The number of hydrogen-bond donors (Lipinski definition) is 1. The van der Waals surface area contributed by atoms with Gasteiger partial charge in [0.2, 0.25) is 0 Å². The molecule has 1 N–H and O–H groups in total. The summed E-state index contributed by atoms with van der Waals surface area (Å²) >= 11 is 0. The van der Waals surface area contributed by atoms with Crippen LogP contribution < -0.4 is 0 Å². The fraction of sp³-hybridized carbons (Fsp3) is 0.667. The van der Waals surface area contributed by atoms with Crippen LogP contribution in [-0.2, 0) is 11.4 Å². The lowest BCUT2D eigenvalue weighted by atomic mass is 9.87. The summed E-state index contributed by atoms with van der Waals surface area (Å²) in [5, 5.41) is 11.6. The Bertz CT molecular complexity index is 934. The van der Waals surface area contributed by atoms with E-state index < -0.39 is 0 Å². The first-order valence-corrected chi connectivity index (χ1v) is 16.4. The molecule has 0 bridgehead atoms. The highest BCUT2D eigenvalue weighted by Gasteiger charge is 2.44. The average Bonchev–Trinajstić information content (AvgIpc) is 3.84. The van der Waals surface area contributed by atoms with Gasteiger partial charge in [0.05, 0.1) is 18.2 Å². The van der Waals surface area contributed by atoms with Crippen molar-refractivity contribution in [3.8, 4) is 0 Å². The van der Waals surface area contributed by atoms with Crippen molar-refractivity contribution in [2.24, 2.45) is 0 Å². The van der Waals surface area contributed by atoms with E-state index in [0.717, 1.165) is 57.3 Å². The molecule has 1 aromatic rings. The number of nitrogens with zero attached hydrogens (tertiary/aromatic N) is 3. The van der Waals surface area contributed by atoms with E-state index in [4.69, 9.17) is 4.84 Å². The molecule has 232 valence electrons. The summed E-state index contributed by atoms with van der Waals surface area (Å²) in [6.45, 7) is 18.2. The monoisotopic (exact) mass is 567 g/mol. The smallest absolute Gasteiger partial charge is 0.0928 e. The first-order chi connectivity index (χ1) is 19.8. The van der Waals surface area contributed by atoms with E-state index >= 15 is 0 Å². The van der Waals surface area contributed by atoms with Crippen molar-refractivity contribution >= 4 is 0 Å². The predicted molar refractivity (Wildman–Crippen MR) is 176 cm³/mol. The Labute approximate surface area is 252 Å². The lowest BCUT2D eigenvalue weighted by molar-refractivity contribution is -0.207. The van der Waals surface area contributed by atoms with Gasteiger partial charge in [0.1, 0.15) is 0 Å². The summed E-state index contributed by atoms with van der Waals surface area (Å²) in [4.78, 5) is 11.6. The molecule has 0 spiro atoms. The van der Waals surface area contributed by atoms with Crippen molar-refractivity contribution in [2.75, 3.05) is 26.7 Å². The van der Waals surface area contributed by atoms with Gasteiger partial charge in [-0.2, -0.15) is 5.06 Å². The zero-order chi connectivity index (χ0) is 30.3. The third-order valence-electron chi connectivity index (χ3n) is 8.13. The van der Waals surface area contributed by atoms with Crippen molar-refractivity contribution in [3.63, 3.8) is 0 Å². The molecule has 1 aliphatic carbocycles. The molecule has 3 unspecified atom stereocenters. The molecule has 3 aliphatic rings. The first kappa shape index (κ1) is 35.3. The van der Waals surface area contributed by atoms with E-state index in [2.05, 4.69) is 99.2 Å². The zero-order valence-corrected chi connectivity index (χ0v) is 27.6. The van der Waals surface area contributed by atoms with Gasteiger partial charge >= 0.3 is 0 Å². The summed E-state index contributed by atoms with van der Waals surface area (Å²) in [5.74, 6) is 0. The third-order valence-corrected chi connectivity index (χ3v) is 8.13. The lowest BCUT2D eigenvalue weighted by Crippen LogP contribution is -2.36. The number of aliphatic hydroxyl groups excluding tert-OH is 1. The second kappa shape index (κ2) is 18.6. The van der Waals surface area contributed by atoms with Gasteiger partial charge in [0.15, 0.2) is 0 Å². The maximum atomic E-state index is 9.41. The highest BCUT2D eigenvalue weighted by atomic mass is 16.7. The van der Waals surface area contributed by atoms with Crippen LogP contribution in [0.15, 0.2) is 60.3 Å². The van der Waals surface area contributed by atoms with Crippen LogP contribution in [0.3, 0.4) is 0 Å². The van der Waals surface area contributed by atoms with Gasteiger partial charge in [0, 0.05) is 44.3 Å². The number of likely N-dealkylation sites (N-methyl/N-ethyl adjacent to an activating group) is 1. The molecule has 1 saturated carbocycles. The number of hydroxylamine groups is 2. The topological polar surface area (TPSA) is 39.2 Å². The minimum atomic E-state index is -0.140. The van der Waals surface area contributed by atoms with E-state index in [1.165, 1.54) is 30.4 Å². The van der Waals surface area contributed by atoms with Gasteiger partial charge in [-0.15, -0.1) is 0 Å². The van der Waals surface area contributed by atoms with Crippen molar-refractivity contribution in [1.29, 1.82) is 0 Å². The molecule has 4 rings (SSSR count). The standard InChI is InChI=1S/C31H49N3O2.C3H6.C2H6/c1-7-31(21-30(34(8-2)36-31)29-17-15-27(24-35)16-18-29)19-20-32(6)22-28-14-12-10-9-11-13-26(5)33(23-28)25(3)4;1-2-3-1;1-2/h10-13,15-18,23,25-26,30,35H,7-9,14,19-22,24H2,1-6H3;1-3H2;1-2H3/b12-10-,13-11-,28-23+;;. The van der Waals surface area contributed by atoms with Gasteiger partial charge in [-0.3, -0.25) is 4.84 Å². The average molecular weight is 568 g/mol. The van der Waals surface area contributed by atoms with Crippen LogP contribution in [0.1, 0.15) is 117 Å². The van der Waals surface area contributed by atoms with Gasteiger partial charge in [-0.1, -0.05) is 95.5 Å². The molecular formula is C36H61N3O2. The van der Waals surface area contributed by atoms with Crippen molar-refractivity contribution < 1.29 is 9.94 Å². The molecule has 1 saturated heterocycles. The highest BCUT2D eigenvalue weighted by molar-refractivity contribution is 5.25. The van der Waals surface area contributed by atoms with Crippen molar-refractivity contribution in [2.45, 2.75) is 130 Å². The minimum absolute atomic E-state index is 0.0843. The summed E-state index contributed by atoms with van der Waals surface area (Å²) in [6, 6.07) is 9.48. The van der Waals surface area contributed by atoms with Crippen LogP contribution in [0.5, 0.6) is 0 Å². The quantitative estimate of drug-likeness (QED) is 0.287. The van der Waals surface area contributed by atoms with Gasteiger partial charge in [0.25, 0.3) is 0 Å². The largest absolute Gasteiger partial charge is 0.392 e. The molecule has 2 aliphatic heterocycles. The van der Waals surface area contributed by atoms with Crippen LogP contribution in [0.2, 0.25) is 0 Å². The molecule has 2 heterocycles. The molecule has 0 aromatic heterocycles. The predicted octanol–water partition coefficient (Wildman–Crippen LogP) is 8.43. The van der Waals surface area contributed by atoms with Gasteiger partial charge in [-0.25, -0.2) is 0 Å². The lowest BCUT2D eigenvalue weighted by Gasteiger charge is -2.33. The fourth-order valence-electron chi connectivity index (χ4n) is 5.46. The first-order valence-electron chi connectivity index (χ1n) is 16.4. The second-order valence-electron chi connectivity index (χ2n) is 11.9. The number of hydrogen-bond acceptors (Lipinski definition) is 5. The van der Waals surface area contributed by atoms with E-state index in [0.29, 0.717) is 12.1 Å². The van der Waals surface area contributed by atoms with Crippen LogP contribution >= 0.6 is 0 Å². The second-order valence-corrected chi connectivity index (χ2v) is 11.9. The van der Waals surface area contributed by atoms with E-state index in [1.807, 2.05) is 26.0 Å². The molecule has 5 nitrogen and oxygen atoms in total. The molecule has 3 atom stereocenters. The maximum absolute atomic E-state index is 9.41. The Hall–Kier alpha value is -1.92. The Kier molecular flexibility index (Phi) is 16.0. The minimum Gasteiger partial charge on any atom is -0.392 e. The van der Waals surface area contributed by atoms with Gasteiger partial charge < -0.3 is 14.9 Å². The molecule has 41 heavy (non-hydrogen) atoms. The molecule has 5 heteroatoms. The number of rotatable bonds is 10. The van der Waals surface area contributed by atoms with Crippen LogP contribution in [0.25, 0.3) is 0 Å². The van der Waals surface area contributed by atoms with Crippen LogP contribution in [0, 0.1) is 0 Å². The number of benzene rings is 1. The normalized spacial score (nSPS) is 27.3. The van der Waals surface area contributed by atoms with E-state index in [-0.39, 0.29) is 18.2 Å². The molecule has 0 amide bonds. The van der Waals surface area contributed by atoms with Crippen molar-refractivity contribution in [1.82, 2.24) is 14.9 Å². The Morgan fingerprint density at radius 3 is 2.29 bits per heavy atom. The number of allylic oxidation sites excluding steroid dienone is 3. The van der Waals surface area contributed by atoms with Crippen LogP contribution in [-0.4, -0.2) is 64.3 Å². The molecular weight excluding hydrogens is 506 g/mol. The molecule has 0 radical (unpaired) electrons. The molecule has 1 aromatic carbocycles. The highest BCUT2D eigenvalue weighted by Crippen LogP contribution is 2.44. The molecule has 2 fully saturated rings. The Morgan fingerprint density at radius 2 is 1.73 bits per heavy atom. The summed E-state index contributed by atoms with van der Waals surface area (Å²) in [5.41, 5.74) is 3.54. The Morgan fingerprint density at radius 1 is 1.05 bits per heavy atom. The van der Waals surface area contributed by atoms with E-state index in [9.17, 15) is 5.11 Å². The summed E-state index contributed by atoms with van der Waals surface area (Å²) < 4.78 is 0. The summed E-state index contributed by atoms with van der Waals surface area (Å²) in [7, 11) is 2.24. The van der Waals surface area contributed by atoms with Crippen molar-refractivity contribution in [3.05, 3.63) is 71.5 Å². The fourth-order valence-corrected chi connectivity index (χ4v) is 5.46. The van der Waals surface area contributed by atoms with Gasteiger partial charge in [-0.05, 0) is 70.2 Å². The zero-order valence-electron chi connectivity index (χ0n) is 27.6. The van der Waals surface area contributed by atoms with E-state index in [1.54, 1.807) is 0 Å². The van der Waals surface area contributed by atoms with Crippen LogP contribution in [0.4, 0.5) is 0 Å². The summed E-state index contributed by atoms with van der Waals surface area (Å²) in [6.07, 6.45) is 21.1.